The van der Waals surface area contributed by atoms with Gasteiger partial charge >= 0.3 is 0 Å². The highest BCUT2D eigenvalue weighted by Crippen LogP contribution is 2.21. The summed E-state index contributed by atoms with van der Waals surface area (Å²) >= 11 is 0. The van der Waals surface area contributed by atoms with E-state index in [0.29, 0.717) is 18.3 Å². The quantitative estimate of drug-likeness (QED) is 0.692. The molecule has 0 saturated carbocycles. The lowest BCUT2D eigenvalue weighted by Gasteiger charge is -2.15. The predicted molar refractivity (Wildman–Crippen MR) is 92.6 cm³/mol. The van der Waals surface area contributed by atoms with E-state index in [2.05, 4.69) is 46.2 Å². The third kappa shape index (κ3) is 3.81. The third-order valence-electron chi connectivity index (χ3n) is 3.90. The van der Waals surface area contributed by atoms with Crippen LogP contribution in [0.2, 0.25) is 0 Å². The molecule has 124 valence electrons. The standard InChI is InChI=1S/C19H21N3O2/c1-14-7-4-5-8-16(14)12-22(2)13-18-20-19(21-24-18)15-9-6-10-17(11-15)23-3/h4-11H,12-13H2,1-3H3. The van der Waals surface area contributed by atoms with E-state index in [1.54, 1.807) is 7.11 Å². The Balaban J connectivity index is 1.68. The zero-order valence-electron chi connectivity index (χ0n) is 14.2. The van der Waals surface area contributed by atoms with Crippen LogP contribution in [0, 0.1) is 6.92 Å². The van der Waals surface area contributed by atoms with Crippen molar-refractivity contribution in [3.05, 3.63) is 65.5 Å². The summed E-state index contributed by atoms with van der Waals surface area (Å²) < 4.78 is 10.6. The molecule has 0 fully saturated rings. The molecule has 24 heavy (non-hydrogen) atoms. The van der Waals surface area contributed by atoms with Crippen LogP contribution in [-0.2, 0) is 13.1 Å². The summed E-state index contributed by atoms with van der Waals surface area (Å²) in [6.45, 7) is 3.56. The number of hydrogen-bond donors (Lipinski definition) is 0. The van der Waals surface area contributed by atoms with Gasteiger partial charge in [-0.25, -0.2) is 0 Å². The van der Waals surface area contributed by atoms with Crippen LogP contribution in [0.25, 0.3) is 11.4 Å². The Morgan fingerprint density at radius 2 is 1.92 bits per heavy atom. The van der Waals surface area contributed by atoms with Crippen LogP contribution in [0.3, 0.4) is 0 Å². The molecule has 0 aliphatic carbocycles. The number of rotatable bonds is 6. The molecule has 3 rings (SSSR count). The number of benzene rings is 2. The lowest BCUT2D eigenvalue weighted by molar-refractivity contribution is 0.260. The van der Waals surface area contributed by atoms with Crippen LogP contribution in [0.5, 0.6) is 5.75 Å². The van der Waals surface area contributed by atoms with Crippen LogP contribution in [0.15, 0.2) is 53.1 Å². The molecule has 0 bridgehead atoms. The Morgan fingerprint density at radius 3 is 2.71 bits per heavy atom. The van der Waals surface area contributed by atoms with Crippen molar-refractivity contribution < 1.29 is 9.26 Å². The highest BCUT2D eigenvalue weighted by Gasteiger charge is 2.12. The second kappa shape index (κ2) is 7.27. The molecule has 1 heterocycles. The zero-order valence-corrected chi connectivity index (χ0v) is 14.2. The van der Waals surface area contributed by atoms with Gasteiger partial charge in [0.15, 0.2) is 0 Å². The Hall–Kier alpha value is -2.66. The van der Waals surface area contributed by atoms with Crippen molar-refractivity contribution in [3.63, 3.8) is 0 Å². The van der Waals surface area contributed by atoms with Crippen molar-refractivity contribution in [1.29, 1.82) is 0 Å². The fourth-order valence-corrected chi connectivity index (χ4v) is 2.56. The van der Waals surface area contributed by atoms with Gasteiger partial charge in [0.05, 0.1) is 13.7 Å². The van der Waals surface area contributed by atoms with Crippen LogP contribution in [0.1, 0.15) is 17.0 Å². The van der Waals surface area contributed by atoms with E-state index in [1.807, 2.05) is 31.3 Å². The summed E-state index contributed by atoms with van der Waals surface area (Å²) in [5.74, 6) is 1.95. The summed E-state index contributed by atoms with van der Waals surface area (Å²) in [7, 11) is 3.68. The maximum Gasteiger partial charge on any atom is 0.241 e. The van der Waals surface area contributed by atoms with Gasteiger partial charge in [-0.2, -0.15) is 4.98 Å². The molecule has 0 aliphatic heterocycles. The molecule has 5 heteroatoms. The lowest BCUT2D eigenvalue weighted by atomic mass is 10.1. The van der Waals surface area contributed by atoms with Crippen molar-refractivity contribution in [3.8, 4) is 17.1 Å². The minimum atomic E-state index is 0.577. The maximum absolute atomic E-state index is 5.39. The molecule has 0 amide bonds. The first-order valence-corrected chi connectivity index (χ1v) is 7.86. The molecule has 3 aromatic rings. The number of aromatic nitrogens is 2. The molecular formula is C19H21N3O2. The highest BCUT2D eigenvalue weighted by molar-refractivity contribution is 5.56. The van der Waals surface area contributed by atoms with Gasteiger partial charge in [0, 0.05) is 12.1 Å². The SMILES string of the molecule is COc1cccc(-c2noc(CN(C)Cc3ccccc3C)n2)c1. The number of hydrogen-bond acceptors (Lipinski definition) is 5. The fourth-order valence-electron chi connectivity index (χ4n) is 2.56. The van der Waals surface area contributed by atoms with E-state index in [-0.39, 0.29) is 0 Å². The second-order valence-corrected chi connectivity index (χ2v) is 5.84. The Kier molecular flexibility index (Phi) is 4.91. The van der Waals surface area contributed by atoms with E-state index >= 15 is 0 Å². The van der Waals surface area contributed by atoms with Crippen molar-refractivity contribution in [2.75, 3.05) is 14.2 Å². The van der Waals surface area contributed by atoms with Crippen molar-refractivity contribution in [2.45, 2.75) is 20.0 Å². The minimum Gasteiger partial charge on any atom is -0.497 e. The summed E-state index contributed by atoms with van der Waals surface area (Å²) in [6.07, 6.45) is 0. The van der Waals surface area contributed by atoms with E-state index in [0.717, 1.165) is 17.9 Å². The average molecular weight is 323 g/mol. The summed E-state index contributed by atoms with van der Waals surface area (Å²) in [6, 6.07) is 16.0. The predicted octanol–water partition coefficient (Wildman–Crippen LogP) is 3.69. The van der Waals surface area contributed by atoms with Gasteiger partial charge in [0.25, 0.3) is 0 Å². The molecule has 1 aromatic heterocycles. The topological polar surface area (TPSA) is 51.4 Å². The van der Waals surface area contributed by atoms with E-state index in [1.165, 1.54) is 11.1 Å². The van der Waals surface area contributed by atoms with E-state index < -0.39 is 0 Å². The van der Waals surface area contributed by atoms with Crippen molar-refractivity contribution >= 4 is 0 Å². The molecule has 0 spiro atoms. The van der Waals surface area contributed by atoms with E-state index in [9.17, 15) is 0 Å². The van der Waals surface area contributed by atoms with Gasteiger partial charge in [0.2, 0.25) is 11.7 Å². The maximum atomic E-state index is 5.39. The normalized spacial score (nSPS) is 11.0. The van der Waals surface area contributed by atoms with Gasteiger partial charge in [0.1, 0.15) is 5.75 Å². The van der Waals surface area contributed by atoms with Gasteiger partial charge < -0.3 is 9.26 Å². The van der Waals surface area contributed by atoms with Gasteiger partial charge in [-0.05, 0) is 37.2 Å². The van der Waals surface area contributed by atoms with Crippen LogP contribution >= 0.6 is 0 Å². The molecule has 0 aliphatic rings. The van der Waals surface area contributed by atoms with Crippen LogP contribution in [0.4, 0.5) is 0 Å². The van der Waals surface area contributed by atoms with Gasteiger partial charge in [-0.15, -0.1) is 0 Å². The van der Waals surface area contributed by atoms with Gasteiger partial charge in [-0.3, -0.25) is 4.90 Å². The molecule has 0 radical (unpaired) electrons. The Bertz CT molecular complexity index is 814. The number of nitrogens with zero attached hydrogens (tertiary/aromatic N) is 3. The van der Waals surface area contributed by atoms with Gasteiger partial charge in [-0.1, -0.05) is 41.6 Å². The fraction of sp³-hybridized carbons (Fsp3) is 0.263. The first-order chi connectivity index (χ1) is 11.7. The Morgan fingerprint density at radius 1 is 1.08 bits per heavy atom. The number of methoxy groups -OCH3 is 1. The third-order valence-corrected chi connectivity index (χ3v) is 3.90. The number of ether oxygens (including phenoxy) is 1. The minimum absolute atomic E-state index is 0.577. The highest BCUT2D eigenvalue weighted by atomic mass is 16.5. The first kappa shape index (κ1) is 16.2. The zero-order chi connectivity index (χ0) is 16.9. The van der Waals surface area contributed by atoms with Crippen LogP contribution in [-0.4, -0.2) is 29.2 Å². The summed E-state index contributed by atoms with van der Waals surface area (Å²) in [5, 5.41) is 4.07. The second-order valence-electron chi connectivity index (χ2n) is 5.84. The molecule has 0 unspecified atom stereocenters. The molecule has 0 saturated heterocycles. The monoisotopic (exact) mass is 323 g/mol. The molecule has 0 N–H and O–H groups in total. The molecule has 2 aromatic carbocycles. The van der Waals surface area contributed by atoms with Crippen LogP contribution < -0.4 is 4.74 Å². The smallest absolute Gasteiger partial charge is 0.241 e. The molecule has 5 nitrogen and oxygen atoms in total. The lowest BCUT2D eigenvalue weighted by Crippen LogP contribution is -2.18. The summed E-state index contributed by atoms with van der Waals surface area (Å²) in [4.78, 5) is 6.64. The van der Waals surface area contributed by atoms with Crippen molar-refractivity contribution in [2.24, 2.45) is 0 Å². The van der Waals surface area contributed by atoms with Crippen molar-refractivity contribution in [1.82, 2.24) is 15.0 Å². The summed E-state index contributed by atoms with van der Waals surface area (Å²) in [5.41, 5.74) is 3.46. The average Bonchev–Trinajstić information content (AvgIpc) is 3.05. The Labute approximate surface area is 141 Å². The van der Waals surface area contributed by atoms with E-state index in [4.69, 9.17) is 9.26 Å². The largest absolute Gasteiger partial charge is 0.497 e. The number of aryl methyl sites for hydroxylation is 1. The first-order valence-electron chi connectivity index (χ1n) is 7.86. The molecule has 0 atom stereocenters. The molecular weight excluding hydrogens is 302 g/mol.